The Hall–Kier alpha value is -2.16. The molecular formula is C19H15N5S3. The van der Waals surface area contributed by atoms with Gasteiger partial charge < -0.3 is 0 Å². The average molecular weight is 410 g/mol. The zero-order chi connectivity index (χ0) is 18.1. The maximum atomic E-state index is 4.74. The van der Waals surface area contributed by atoms with Gasteiger partial charge in [0.05, 0.1) is 12.3 Å². The summed E-state index contributed by atoms with van der Waals surface area (Å²) < 4.78 is 3.00. The fourth-order valence-corrected chi connectivity index (χ4v) is 5.61. The van der Waals surface area contributed by atoms with Gasteiger partial charge in [0, 0.05) is 11.3 Å². The summed E-state index contributed by atoms with van der Waals surface area (Å²) in [5.74, 6) is 2.69. The molecule has 4 aromatic rings. The number of thioether (sulfide) groups is 2. The molecule has 0 radical (unpaired) electrons. The lowest BCUT2D eigenvalue weighted by Gasteiger charge is -2.02. The average Bonchev–Trinajstić information content (AvgIpc) is 3.45. The third-order valence-corrected chi connectivity index (χ3v) is 7.37. The molecule has 0 amide bonds. The summed E-state index contributed by atoms with van der Waals surface area (Å²) in [5, 5.41) is 14.3. The number of fused-ring (bicyclic) bond motifs is 1. The Kier molecular flexibility index (Phi) is 4.69. The van der Waals surface area contributed by atoms with E-state index >= 15 is 0 Å². The van der Waals surface area contributed by atoms with Crippen LogP contribution < -0.4 is 0 Å². The molecule has 2 aromatic carbocycles. The van der Waals surface area contributed by atoms with E-state index in [0.717, 1.165) is 43.8 Å². The zero-order valence-corrected chi connectivity index (χ0v) is 16.7. The highest BCUT2D eigenvalue weighted by atomic mass is 32.2. The Labute approximate surface area is 168 Å². The highest BCUT2D eigenvalue weighted by molar-refractivity contribution is 8.38. The minimum Gasteiger partial charge on any atom is -0.271 e. The lowest BCUT2D eigenvalue weighted by atomic mass is 10.0. The molecule has 3 heterocycles. The second-order valence-electron chi connectivity index (χ2n) is 5.95. The summed E-state index contributed by atoms with van der Waals surface area (Å²) in [4.78, 5) is 5.30. The van der Waals surface area contributed by atoms with Crippen LogP contribution in [-0.2, 0) is 5.75 Å². The number of aromatic nitrogens is 4. The molecule has 0 bridgehead atoms. The Morgan fingerprint density at radius 1 is 0.926 bits per heavy atom. The van der Waals surface area contributed by atoms with Crippen molar-refractivity contribution in [3.8, 4) is 21.7 Å². The van der Waals surface area contributed by atoms with Gasteiger partial charge in [-0.1, -0.05) is 89.5 Å². The van der Waals surface area contributed by atoms with Crippen molar-refractivity contribution in [3.05, 3.63) is 60.4 Å². The first-order valence-electron chi connectivity index (χ1n) is 8.54. The van der Waals surface area contributed by atoms with E-state index in [2.05, 4.69) is 63.7 Å². The smallest absolute Gasteiger partial charge is 0.235 e. The number of rotatable bonds is 4. The Bertz CT molecular complexity index is 1100. The molecule has 1 aliphatic rings. The Morgan fingerprint density at radius 3 is 2.48 bits per heavy atom. The monoisotopic (exact) mass is 409 g/mol. The van der Waals surface area contributed by atoms with Gasteiger partial charge in [0.1, 0.15) is 9.38 Å². The predicted molar refractivity (Wildman–Crippen MR) is 116 cm³/mol. The van der Waals surface area contributed by atoms with E-state index in [4.69, 9.17) is 5.10 Å². The molecule has 0 saturated heterocycles. The molecule has 2 aromatic heterocycles. The Morgan fingerprint density at radius 2 is 1.70 bits per heavy atom. The number of benzene rings is 2. The van der Waals surface area contributed by atoms with Crippen molar-refractivity contribution in [2.24, 2.45) is 4.99 Å². The summed E-state index contributed by atoms with van der Waals surface area (Å²) in [6.45, 7) is 0.919. The van der Waals surface area contributed by atoms with Crippen LogP contribution in [0.15, 0.2) is 59.6 Å². The van der Waals surface area contributed by atoms with Gasteiger partial charge in [-0.2, -0.15) is 9.61 Å². The molecule has 8 heteroatoms. The molecular weight excluding hydrogens is 394 g/mol. The van der Waals surface area contributed by atoms with Crippen LogP contribution in [-0.4, -0.2) is 36.5 Å². The normalized spacial score (nSPS) is 14.0. The number of nitrogens with zero attached hydrogens (tertiary/aromatic N) is 5. The van der Waals surface area contributed by atoms with Gasteiger partial charge in [-0.25, -0.2) is 0 Å². The van der Waals surface area contributed by atoms with Crippen molar-refractivity contribution in [2.75, 3.05) is 12.3 Å². The molecule has 27 heavy (non-hydrogen) atoms. The van der Waals surface area contributed by atoms with Crippen molar-refractivity contribution in [2.45, 2.75) is 5.75 Å². The molecule has 0 saturated carbocycles. The molecule has 0 spiro atoms. The van der Waals surface area contributed by atoms with Crippen molar-refractivity contribution in [1.82, 2.24) is 19.8 Å². The van der Waals surface area contributed by atoms with Gasteiger partial charge in [0.25, 0.3) is 0 Å². The second kappa shape index (κ2) is 7.46. The summed E-state index contributed by atoms with van der Waals surface area (Å²) in [6.07, 6.45) is 0. The highest BCUT2D eigenvalue weighted by Crippen LogP contribution is 2.29. The zero-order valence-electron chi connectivity index (χ0n) is 14.3. The van der Waals surface area contributed by atoms with E-state index < -0.39 is 0 Å². The quantitative estimate of drug-likeness (QED) is 0.482. The minimum absolute atomic E-state index is 0.739. The second-order valence-corrected chi connectivity index (χ2v) is 9.21. The van der Waals surface area contributed by atoms with Crippen molar-refractivity contribution >= 4 is 44.2 Å². The lowest BCUT2D eigenvalue weighted by Crippen LogP contribution is -1.95. The topological polar surface area (TPSA) is 55.4 Å². The molecule has 5 rings (SSSR count). The van der Waals surface area contributed by atoms with Gasteiger partial charge in [0.2, 0.25) is 4.96 Å². The van der Waals surface area contributed by atoms with Gasteiger partial charge in [0.15, 0.2) is 5.82 Å². The fraction of sp³-hybridized carbons (Fsp3) is 0.158. The molecule has 5 nitrogen and oxygen atoms in total. The van der Waals surface area contributed by atoms with Crippen LogP contribution in [0.1, 0.15) is 5.82 Å². The summed E-state index contributed by atoms with van der Waals surface area (Å²) >= 11 is 5.09. The van der Waals surface area contributed by atoms with Gasteiger partial charge >= 0.3 is 0 Å². The van der Waals surface area contributed by atoms with E-state index in [9.17, 15) is 0 Å². The Balaban J connectivity index is 1.38. The molecule has 0 N–H and O–H groups in total. The van der Waals surface area contributed by atoms with Crippen LogP contribution >= 0.6 is 34.9 Å². The van der Waals surface area contributed by atoms with E-state index in [1.165, 1.54) is 11.1 Å². The maximum absolute atomic E-state index is 4.74. The lowest BCUT2D eigenvalue weighted by molar-refractivity contribution is 0.888. The van der Waals surface area contributed by atoms with E-state index in [-0.39, 0.29) is 0 Å². The number of hydrogen-bond donors (Lipinski definition) is 0. The molecule has 0 unspecified atom stereocenters. The largest absolute Gasteiger partial charge is 0.271 e. The van der Waals surface area contributed by atoms with Crippen LogP contribution in [0, 0.1) is 0 Å². The number of aliphatic imine (C=N–C) groups is 1. The third kappa shape index (κ3) is 3.52. The molecule has 1 aliphatic heterocycles. The van der Waals surface area contributed by atoms with Crippen LogP contribution in [0.25, 0.3) is 26.7 Å². The van der Waals surface area contributed by atoms with Gasteiger partial charge in [-0.05, 0) is 11.1 Å². The molecule has 0 fully saturated rings. The number of hydrogen-bond acceptors (Lipinski definition) is 7. The van der Waals surface area contributed by atoms with Gasteiger partial charge in [-0.3, -0.25) is 4.99 Å². The highest BCUT2D eigenvalue weighted by Gasteiger charge is 2.15. The van der Waals surface area contributed by atoms with Crippen molar-refractivity contribution in [3.63, 3.8) is 0 Å². The third-order valence-electron chi connectivity index (χ3n) is 4.18. The van der Waals surface area contributed by atoms with E-state index in [1.54, 1.807) is 23.1 Å². The van der Waals surface area contributed by atoms with Crippen LogP contribution in [0.3, 0.4) is 0 Å². The fourth-order valence-electron chi connectivity index (χ4n) is 2.83. The standard InChI is InChI=1S/C19H15N5S3/c1-2-4-13(5-3-1)14-6-8-15(9-7-14)17-23-24-16(21-22-18(24)27-17)12-26-19-20-10-11-25-19/h1-9H,10-12H2. The van der Waals surface area contributed by atoms with Crippen LogP contribution in [0.2, 0.25) is 0 Å². The van der Waals surface area contributed by atoms with Crippen LogP contribution in [0.4, 0.5) is 0 Å². The molecule has 134 valence electrons. The SMILES string of the molecule is c1ccc(-c2ccc(-c3nn4c(CSC5=NCCS5)nnc4s3)cc2)cc1. The first-order valence-corrected chi connectivity index (χ1v) is 11.3. The summed E-state index contributed by atoms with van der Waals surface area (Å²) in [6, 6.07) is 18.9. The molecule has 0 atom stereocenters. The van der Waals surface area contributed by atoms with E-state index in [1.807, 2.05) is 22.3 Å². The minimum atomic E-state index is 0.739. The van der Waals surface area contributed by atoms with Crippen molar-refractivity contribution < 1.29 is 0 Å². The maximum Gasteiger partial charge on any atom is 0.235 e. The van der Waals surface area contributed by atoms with Gasteiger partial charge in [-0.15, -0.1) is 10.2 Å². The predicted octanol–water partition coefficient (Wildman–Crippen LogP) is 4.86. The molecule has 0 aliphatic carbocycles. The first-order chi connectivity index (χ1) is 13.4. The van der Waals surface area contributed by atoms with E-state index in [0.29, 0.717) is 0 Å². The summed E-state index contributed by atoms with van der Waals surface area (Å²) in [7, 11) is 0. The first kappa shape index (κ1) is 17.0. The van der Waals surface area contributed by atoms with Crippen LogP contribution in [0.5, 0.6) is 0 Å². The summed E-state index contributed by atoms with van der Waals surface area (Å²) in [5.41, 5.74) is 3.52. The van der Waals surface area contributed by atoms with Crippen molar-refractivity contribution in [1.29, 1.82) is 0 Å².